The van der Waals surface area contributed by atoms with E-state index in [0.29, 0.717) is 38.0 Å². The highest BCUT2D eigenvalue weighted by atomic mass is 28.4. The minimum atomic E-state index is -2.20. The van der Waals surface area contributed by atoms with Crippen LogP contribution < -0.4 is 5.32 Å². The second kappa shape index (κ2) is 10.8. The fourth-order valence-corrected chi connectivity index (χ4v) is 11.2. The van der Waals surface area contributed by atoms with E-state index in [2.05, 4.69) is 91.8 Å². The van der Waals surface area contributed by atoms with Crippen LogP contribution in [0, 0.1) is 17.3 Å². The van der Waals surface area contributed by atoms with Crippen LogP contribution in [-0.2, 0) is 18.4 Å². The van der Waals surface area contributed by atoms with E-state index in [0.717, 1.165) is 0 Å². The molecule has 0 aromatic carbocycles. The van der Waals surface area contributed by atoms with Gasteiger partial charge in [0.05, 0.1) is 24.2 Å². The lowest BCUT2D eigenvalue weighted by Crippen LogP contribution is -2.67. The van der Waals surface area contributed by atoms with Crippen LogP contribution in [0.25, 0.3) is 0 Å². The quantitative estimate of drug-likeness (QED) is 0.335. The minimum absolute atomic E-state index is 0.0474. The van der Waals surface area contributed by atoms with Gasteiger partial charge in [-0.25, -0.2) is 4.79 Å². The molecule has 3 saturated heterocycles. The molecular weight excluding hydrogens is 527 g/mol. The molecule has 3 aliphatic heterocycles. The normalized spacial score (nSPS) is 31.4. The van der Waals surface area contributed by atoms with Crippen LogP contribution in [0.2, 0.25) is 36.3 Å². The van der Waals surface area contributed by atoms with Gasteiger partial charge >= 0.3 is 6.03 Å². The van der Waals surface area contributed by atoms with E-state index < -0.39 is 28.3 Å². The molecule has 0 saturated carbocycles. The molecule has 1 N–H and O–H groups in total. The molecule has 0 bridgehead atoms. The van der Waals surface area contributed by atoms with Gasteiger partial charge in [-0.15, -0.1) is 0 Å². The summed E-state index contributed by atoms with van der Waals surface area (Å²) in [4.78, 5) is 30.1. The molecule has 0 aromatic heterocycles. The maximum absolute atomic E-state index is 13.3. The lowest BCUT2D eigenvalue weighted by Gasteiger charge is -2.45. The van der Waals surface area contributed by atoms with E-state index in [4.69, 9.17) is 13.6 Å². The fourth-order valence-electron chi connectivity index (χ4n) is 6.17. The molecule has 0 unspecified atom stereocenters. The second-order valence-electron chi connectivity index (χ2n) is 15.4. The maximum atomic E-state index is 13.3. The summed E-state index contributed by atoms with van der Waals surface area (Å²) in [7, 11) is -2.29. The molecule has 3 fully saturated rings. The first-order valence-electron chi connectivity index (χ1n) is 14.9. The van der Waals surface area contributed by atoms with Gasteiger partial charge in [0.25, 0.3) is 0 Å². The zero-order chi connectivity index (χ0) is 29.9. The predicted octanol–water partition coefficient (Wildman–Crippen LogP) is 5.66. The van der Waals surface area contributed by atoms with Crippen LogP contribution in [0.4, 0.5) is 4.79 Å². The molecule has 39 heavy (non-hydrogen) atoms. The highest BCUT2D eigenvalue weighted by Crippen LogP contribution is 2.48. The number of ether oxygens (including phenoxy) is 1. The molecule has 3 heterocycles. The Bertz CT molecular complexity index is 938. The molecule has 10 heteroatoms. The summed E-state index contributed by atoms with van der Waals surface area (Å²) in [5, 5.41) is 2.76. The van der Waals surface area contributed by atoms with Gasteiger partial charge in [0, 0.05) is 19.5 Å². The molecule has 0 radical (unpaired) electrons. The SMILES string of the molecule is CC(C)C(C)(C)[Si](C)(C)OC[C@H]1O[C@@H](N2C(=O)NC(=O)[C@]3(C)CN(C)C[C@H]23)C[C@@H]1O[Si](C)(C)C(C)(C)C(C)C. The highest BCUT2D eigenvalue weighted by Gasteiger charge is 2.59. The Morgan fingerprint density at radius 1 is 1.03 bits per heavy atom. The number of urea groups is 1. The van der Waals surface area contributed by atoms with E-state index in [1.54, 1.807) is 4.90 Å². The van der Waals surface area contributed by atoms with Crippen LogP contribution >= 0.6 is 0 Å². The Balaban J connectivity index is 1.91. The average Bonchev–Trinajstić information content (AvgIpc) is 3.31. The van der Waals surface area contributed by atoms with Gasteiger partial charge in [0.15, 0.2) is 16.6 Å². The van der Waals surface area contributed by atoms with Crippen molar-refractivity contribution in [1.82, 2.24) is 15.1 Å². The van der Waals surface area contributed by atoms with Crippen molar-refractivity contribution in [2.24, 2.45) is 17.3 Å². The smallest absolute Gasteiger partial charge is 0.326 e. The number of likely N-dealkylation sites (tertiary alicyclic amines) is 1. The van der Waals surface area contributed by atoms with Crippen molar-refractivity contribution in [3.8, 4) is 0 Å². The minimum Gasteiger partial charge on any atom is -0.414 e. The first kappa shape index (κ1) is 32.7. The maximum Gasteiger partial charge on any atom is 0.326 e. The number of rotatable bonds is 10. The third-order valence-corrected chi connectivity index (χ3v) is 20.8. The van der Waals surface area contributed by atoms with Gasteiger partial charge in [-0.05, 0) is 62.1 Å². The zero-order valence-corrected chi connectivity index (χ0v) is 29.2. The molecule has 0 spiro atoms. The Morgan fingerprint density at radius 2 is 1.56 bits per heavy atom. The average molecular weight is 584 g/mol. The van der Waals surface area contributed by atoms with Gasteiger partial charge in [0.2, 0.25) is 5.91 Å². The number of carbonyl (C=O) groups excluding carboxylic acids is 2. The Morgan fingerprint density at radius 3 is 2.10 bits per heavy atom. The first-order chi connectivity index (χ1) is 17.6. The Labute approximate surface area is 240 Å². The van der Waals surface area contributed by atoms with E-state index in [9.17, 15) is 9.59 Å². The lowest BCUT2D eigenvalue weighted by molar-refractivity contribution is -0.139. The van der Waals surface area contributed by atoms with E-state index in [1.807, 2.05) is 14.0 Å². The molecule has 0 aromatic rings. The third-order valence-electron chi connectivity index (χ3n) is 11.7. The fraction of sp³-hybridized carbons (Fsp3) is 0.931. The summed E-state index contributed by atoms with van der Waals surface area (Å²) in [6, 6.07) is -0.602. The Hall–Kier alpha value is -0.786. The number of likely N-dealkylation sites (N-methyl/N-ethyl adjacent to an activating group) is 1. The molecule has 3 amide bonds. The van der Waals surface area contributed by atoms with Crippen molar-refractivity contribution in [2.75, 3.05) is 26.7 Å². The van der Waals surface area contributed by atoms with Crippen molar-refractivity contribution < 1.29 is 23.2 Å². The van der Waals surface area contributed by atoms with Crippen molar-refractivity contribution in [1.29, 1.82) is 0 Å². The molecule has 3 aliphatic rings. The number of amides is 3. The van der Waals surface area contributed by atoms with E-state index in [1.165, 1.54) is 0 Å². The molecule has 5 atom stereocenters. The number of hydrogen-bond donors (Lipinski definition) is 1. The van der Waals surface area contributed by atoms with Gasteiger partial charge in [-0.3, -0.25) is 15.0 Å². The molecular formula is C29H57N3O5Si2. The number of nitrogens with one attached hydrogen (secondary N) is 1. The van der Waals surface area contributed by atoms with Crippen molar-refractivity contribution in [3.05, 3.63) is 0 Å². The van der Waals surface area contributed by atoms with E-state index in [-0.39, 0.29) is 40.3 Å². The van der Waals surface area contributed by atoms with E-state index >= 15 is 0 Å². The molecule has 0 aliphatic carbocycles. The summed E-state index contributed by atoms with van der Waals surface area (Å²) in [6.07, 6.45) is -0.360. The van der Waals surface area contributed by atoms with Gasteiger partial charge in [-0.2, -0.15) is 0 Å². The number of nitrogens with zero attached hydrogens (tertiary/aromatic N) is 2. The predicted molar refractivity (Wildman–Crippen MR) is 162 cm³/mol. The summed E-state index contributed by atoms with van der Waals surface area (Å²) in [5.74, 6) is 0.770. The second-order valence-corrected chi connectivity index (χ2v) is 24.5. The van der Waals surface area contributed by atoms with Crippen LogP contribution in [0.1, 0.15) is 68.7 Å². The van der Waals surface area contributed by atoms with Crippen molar-refractivity contribution in [2.45, 2.75) is 129 Å². The van der Waals surface area contributed by atoms with Crippen LogP contribution in [0.3, 0.4) is 0 Å². The van der Waals surface area contributed by atoms with Crippen LogP contribution in [-0.4, -0.2) is 89.6 Å². The number of imide groups is 1. The summed E-state index contributed by atoms with van der Waals surface area (Å²) in [6.45, 7) is 31.1. The van der Waals surface area contributed by atoms with Crippen molar-refractivity contribution >= 4 is 28.6 Å². The highest BCUT2D eigenvalue weighted by molar-refractivity contribution is 6.74. The van der Waals surface area contributed by atoms with Crippen LogP contribution in [0.15, 0.2) is 0 Å². The molecule has 226 valence electrons. The third kappa shape index (κ3) is 5.80. The summed E-state index contributed by atoms with van der Waals surface area (Å²) < 4.78 is 20.6. The molecule has 8 nitrogen and oxygen atoms in total. The zero-order valence-electron chi connectivity index (χ0n) is 27.2. The monoisotopic (exact) mass is 583 g/mol. The van der Waals surface area contributed by atoms with Gasteiger partial charge in [-0.1, -0.05) is 55.4 Å². The van der Waals surface area contributed by atoms with Gasteiger partial charge < -0.3 is 18.5 Å². The lowest BCUT2D eigenvalue weighted by atomic mass is 9.81. The topological polar surface area (TPSA) is 80.3 Å². The number of hydrogen-bond acceptors (Lipinski definition) is 6. The first-order valence-corrected chi connectivity index (χ1v) is 20.7. The van der Waals surface area contributed by atoms with Crippen LogP contribution in [0.5, 0.6) is 0 Å². The molecule has 3 rings (SSSR count). The van der Waals surface area contributed by atoms with Gasteiger partial charge in [0.1, 0.15) is 12.3 Å². The standard InChI is InChI=1S/C29H57N3O5Si2/c1-19(2)27(5,6)38(11,12)35-17-22-21(37-39(13,14)28(7,8)20(3)4)15-24(36-22)32-23-16-31(10)18-29(23,9)25(33)30-26(32)34/h19-24H,15-18H2,1-14H3,(H,30,33,34)/t21-,22+,23-,24+,29+/m0/s1. The number of carbonyl (C=O) groups is 2. The summed E-state index contributed by atoms with van der Waals surface area (Å²) >= 11 is 0. The Kier molecular flexibility index (Phi) is 9.06. The number of fused-ring (bicyclic) bond motifs is 1. The summed E-state index contributed by atoms with van der Waals surface area (Å²) in [5.41, 5.74) is -0.666. The largest absolute Gasteiger partial charge is 0.414 e. The van der Waals surface area contributed by atoms with Crippen molar-refractivity contribution in [3.63, 3.8) is 0 Å².